The number of nitrogens with zero attached hydrogens (tertiary/aromatic N) is 3. The second kappa shape index (κ2) is 8.02. The van der Waals surface area contributed by atoms with Crippen molar-refractivity contribution in [2.75, 3.05) is 39.9 Å². The van der Waals surface area contributed by atoms with Gasteiger partial charge in [0.05, 0.1) is 19.9 Å². The second-order valence-electron chi connectivity index (χ2n) is 5.87. The van der Waals surface area contributed by atoms with Crippen LogP contribution in [0.5, 0.6) is 5.75 Å². The first-order chi connectivity index (χ1) is 12.2. The van der Waals surface area contributed by atoms with E-state index in [1.54, 1.807) is 18.2 Å². The van der Waals surface area contributed by atoms with Crippen molar-refractivity contribution in [3.63, 3.8) is 0 Å². The van der Waals surface area contributed by atoms with E-state index in [2.05, 4.69) is 10.1 Å². The molecule has 134 valence electrons. The van der Waals surface area contributed by atoms with E-state index >= 15 is 0 Å². The molecular weight excluding hydrogens is 322 g/mol. The minimum absolute atomic E-state index is 0.232. The molecule has 3 rings (SSSR count). The Morgan fingerprint density at radius 2 is 2.08 bits per heavy atom. The van der Waals surface area contributed by atoms with Gasteiger partial charge in [0, 0.05) is 43.9 Å². The Kier molecular flexibility index (Phi) is 5.55. The van der Waals surface area contributed by atoms with Crippen LogP contribution in [0, 0.1) is 0 Å². The lowest BCUT2D eigenvalue weighted by Crippen LogP contribution is -2.48. The number of piperazine rings is 1. The number of methoxy groups -OCH3 is 1. The van der Waals surface area contributed by atoms with E-state index in [4.69, 9.17) is 14.0 Å². The predicted octanol–water partition coefficient (Wildman–Crippen LogP) is 2.62. The zero-order valence-electron chi connectivity index (χ0n) is 14.6. The van der Waals surface area contributed by atoms with Gasteiger partial charge in [-0.25, -0.2) is 4.79 Å². The second-order valence-corrected chi connectivity index (χ2v) is 5.87. The third kappa shape index (κ3) is 4.11. The van der Waals surface area contributed by atoms with Crippen molar-refractivity contribution >= 4 is 6.09 Å². The number of hydrogen-bond donors (Lipinski definition) is 0. The molecule has 1 aliphatic rings. The molecule has 1 fully saturated rings. The van der Waals surface area contributed by atoms with Crippen LogP contribution >= 0.6 is 0 Å². The number of hydrogen-bond acceptors (Lipinski definition) is 6. The fourth-order valence-electron chi connectivity index (χ4n) is 2.92. The summed E-state index contributed by atoms with van der Waals surface area (Å²) in [5, 5.41) is 3.96. The summed E-state index contributed by atoms with van der Waals surface area (Å²) in [5.41, 5.74) is 1.97. The SMILES string of the molecule is CCOC(=O)N1CCN(Cc2cnoc2-c2cccc(OC)c2)CC1. The summed E-state index contributed by atoms with van der Waals surface area (Å²) >= 11 is 0. The van der Waals surface area contributed by atoms with Crippen LogP contribution in [0.15, 0.2) is 35.0 Å². The topological polar surface area (TPSA) is 68.0 Å². The maximum absolute atomic E-state index is 11.8. The first kappa shape index (κ1) is 17.3. The molecule has 0 bridgehead atoms. The van der Waals surface area contributed by atoms with Gasteiger partial charge in [0.1, 0.15) is 5.75 Å². The smallest absolute Gasteiger partial charge is 0.409 e. The van der Waals surface area contributed by atoms with Crippen molar-refractivity contribution in [1.29, 1.82) is 0 Å². The Morgan fingerprint density at radius 3 is 2.80 bits per heavy atom. The number of aromatic nitrogens is 1. The zero-order chi connectivity index (χ0) is 17.6. The third-order valence-electron chi connectivity index (χ3n) is 4.27. The summed E-state index contributed by atoms with van der Waals surface area (Å²) in [5.74, 6) is 1.54. The molecular formula is C18H23N3O4. The molecule has 1 saturated heterocycles. The summed E-state index contributed by atoms with van der Waals surface area (Å²) in [6, 6.07) is 7.74. The average molecular weight is 345 g/mol. The summed E-state index contributed by atoms with van der Waals surface area (Å²) in [7, 11) is 1.64. The van der Waals surface area contributed by atoms with Gasteiger partial charge in [-0.1, -0.05) is 17.3 Å². The molecule has 1 aromatic heterocycles. The van der Waals surface area contributed by atoms with Gasteiger partial charge in [-0.15, -0.1) is 0 Å². The lowest BCUT2D eigenvalue weighted by molar-refractivity contribution is 0.0778. The van der Waals surface area contributed by atoms with Gasteiger partial charge in [-0.05, 0) is 19.1 Å². The number of benzene rings is 1. The van der Waals surface area contributed by atoms with Crippen LogP contribution in [-0.2, 0) is 11.3 Å². The molecule has 2 aromatic rings. The van der Waals surface area contributed by atoms with Crippen LogP contribution in [0.3, 0.4) is 0 Å². The van der Waals surface area contributed by atoms with E-state index in [0.29, 0.717) is 19.7 Å². The van der Waals surface area contributed by atoms with Crippen LogP contribution < -0.4 is 4.74 Å². The van der Waals surface area contributed by atoms with E-state index in [1.165, 1.54) is 0 Å². The van der Waals surface area contributed by atoms with Crippen LogP contribution in [0.2, 0.25) is 0 Å². The molecule has 7 nitrogen and oxygen atoms in total. The van der Waals surface area contributed by atoms with Gasteiger partial charge in [-0.2, -0.15) is 0 Å². The highest BCUT2D eigenvalue weighted by molar-refractivity contribution is 5.67. The fourth-order valence-corrected chi connectivity index (χ4v) is 2.92. The van der Waals surface area contributed by atoms with Gasteiger partial charge in [0.15, 0.2) is 5.76 Å². The Bertz CT molecular complexity index is 708. The highest BCUT2D eigenvalue weighted by atomic mass is 16.6. The van der Waals surface area contributed by atoms with Crippen molar-refractivity contribution < 1.29 is 18.8 Å². The molecule has 25 heavy (non-hydrogen) atoms. The number of amides is 1. The molecule has 0 saturated carbocycles. The summed E-state index contributed by atoms with van der Waals surface area (Å²) in [6.45, 7) is 5.87. The van der Waals surface area contributed by atoms with Crippen molar-refractivity contribution in [3.05, 3.63) is 36.0 Å². The van der Waals surface area contributed by atoms with Crippen LogP contribution in [0.4, 0.5) is 4.79 Å². The van der Waals surface area contributed by atoms with E-state index in [0.717, 1.165) is 42.3 Å². The molecule has 0 N–H and O–H groups in total. The summed E-state index contributed by atoms with van der Waals surface area (Å²) < 4.78 is 15.8. The normalized spacial score (nSPS) is 15.2. The first-order valence-electron chi connectivity index (χ1n) is 8.43. The Balaban J connectivity index is 1.63. The summed E-state index contributed by atoms with van der Waals surface area (Å²) in [4.78, 5) is 15.8. The Morgan fingerprint density at radius 1 is 1.28 bits per heavy atom. The molecule has 7 heteroatoms. The largest absolute Gasteiger partial charge is 0.497 e. The van der Waals surface area contributed by atoms with Crippen molar-refractivity contribution in [2.24, 2.45) is 0 Å². The standard InChI is InChI=1S/C18H23N3O4/c1-3-24-18(22)21-9-7-20(8-10-21)13-15-12-19-25-17(15)14-5-4-6-16(11-14)23-2/h4-6,11-12H,3,7-10,13H2,1-2H3. The van der Waals surface area contributed by atoms with Gasteiger partial charge in [0.25, 0.3) is 0 Å². The van der Waals surface area contributed by atoms with Gasteiger partial charge < -0.3 is 18.9 Å². The van der Waals surface area contributed by atoms with Crippen molar-refractivity contribution in [3.8, 4) is 17.1 Å². The Hall–Kier alpha value is -2.54. The molecule has 0 unspecified atom stereocenters. The van der Waals surface area contributed by atoms with Crippen molar-refractivity contribution in [1.82, 2.24) is 15.0 Å². The highest BCUT2D eigenvalue weighted by Crippen LogP contribution is 2.27. The predicted molar refractivity (Wildman–Crippen MR) is 92.4 cm³/mol. The van der Waals surface area contributed by atoms with Gasteiger partial charge >= 0.3 is 6.09 Å². The molecule has 1 amide bonds. The van der Waals surface area contributed by atoms with E-state index in [9.17, 15) is 4.79 Å². The molecule has 0 aliphatic carbocycles. The van der Waals surface area contributed by atoms with Crippen molar-refractivity contribution in [2.45, 2.75) is 13.5 Å². The Labute approximate surface area is 147 Å². The van der Waals surface area contributed by atoms with Crippen LogP contribution in [0.1, 0.15) is 12.5 Å². The number of carbonyl (C=O) groups is 1. The molecule has 0 spiro atoms. The molecule has 0 atom stereocenters. The molecule has 1 aliphatic heterocycles. The maximum atomic E-state index is 11.8. The molecule has 2 heterocycles. The minimum Gasteiger partial charge on any atom is -0.497 e. The summed E-state index contributed by atoms with van der Waals surface area (Å²) in [6.07, 6.45) is 1.52. The monoisotopic (exact) mass is 345 g/mol. The highest BCUT2D eigenvalue weighted by Gasteiger charge is 2.23. The zero-order valence-corrected chi connectivity index (χ0v) is 14.6. The number of carbonyl (C=O) groups excluding carboxylic acids is 1. The van der Waals surface area contributed by atoms with E-state index in [-0.39, 0.29) is 6.09 Å². The van der Waals surface area contributed by atoms with E-state index in [1.807, 2.05) is 31.2 Å². The molecule has 0 radical (unpaired) electrons. The average Bonchev–Trinajstić information content (AvgIpc) is 3.10. The van der Waals surface area contributed by atoms with Crippen LogP contribution in [0.25, 0.3) is 11.3 Å². The molecule has 1 aromatic carbocycles. The van der Waals surface area contributed by atoms with Gasteiger partial charge in [-0.3, -0.25) is 4.90 Å². The third-order valence-corrected chi connectivity index (χ3v) is 4.27. The first-order valence-corrected chi connectivity index (χ1v) is 8.43. The number of ether oxygens (including phenoxy) is 2. The van der Waals surface area contributed by atoms with E-state index < -0.39 is 0 Å². The fraction of sp³-hybridized carbons (Fsp3) is 0.444. The lowest BCUT2D eigenvalue weighted by atomic mass is 10.1. The maximum Gasteiger partial charge on any atom is 0.409 e. The van der Waals surface area contributed by atoms with Crippen LogP contribution in [-0.4, -0.2) is 60.9 Å². The van der Waals surface area contributed by atoms with Gasteiger partial charge in [0.2, 0.25) is 0 Å². The number of rotatable bonds is 5. The minimum atomic E-state index is -0.232. The lowest BCUT2D eigenvalue weighted by Gasteiger charge is -2.33. The quantitative estimate of drug-likeness (QED) is 0.830.